The number of ether oxygens (including phenoxy) is 1. The number of rotatable bonds is 19. The van der Waals surface area contributed by atoms with E-state index >= 15 is 0 Å². The summed E-state index contributed by atoms with van der Waals surface area (Å²) in [6, 6.07) is 18.4. The topological polar surface area (TPSA) is 138 Å². The van der Waals surface area contributed by atoms with Crippen molar-refractivity contribution in [3.05, 3.63) is 82.9 Å². The maximum Gasteiger partial charge on any atom is 0.303 e. The smallest absolute Gasteiger partial charge is 0.303 e. The molecule has 3 N–H and O–H groups in total. The molecule has 1 atom stereocenters. The summed E-state index contributed by atoms with van der Waals surface area (Å²) in [4.78, 5) is 48.0. The molecule has 44 heavy (non-hydrogen) atoms. The Bertz CT molecular complexity index is 1430. The first-order chi connectivity index (χ1) is 21.1. The van der Waals surface area contributed by atoms with Gasteiger partial charge in [0.15, 0.2) is 11.6 Å². The number of thioether (sulfide) groups is 2. The second-order valence-electron chi connectivity index (χ2n) is 10.2. The standard InChI is InChI=1S/C34H38O8S2/c1-3-5-28-30(16-14-27(22(2)35)34(28)41)42-20-4-21-43-25-10-8-24(9-11-25)31(17-19-33(39)40)44-26-12-6-23(7-13-26)29(36)15-18-32(37)38/h6-14,16,31,41H,3-5,15,17-21H2,1-2H3,(H,37,38)(H,39,40). The molecule has 10 heteroatoms. The highest BCUT2D eigenvalue weighted by Crippen LogP contribution is 2.39. The van der Waals surface area contributed by atoms with Crippen molar-refractivity contribution in [3.63, 3.8) is 0 Å². The molecular weight excluding hydrogens is 601 g/mol. The number of phenolic OH excluding ortho intramolecular Hbond substituents is 1. The first-order valence-electron chi connectivity index (χ1n) is 14.5. The molecule has 0 aromatic heterocycles. The number of carbonyl (C=O) groups is 4. The van der Waals surface area contributed by atoms with Crippen LogP contribution in [0.2, 0.25) is 0 Å². The zero-order valence-electron chi connectivity index (χ0n) is 24.9. The summed E-state index contributed by atoms with van der Waals surface area (Å²) in [5.74, 6) is -0.861. The predicted molar refractivity (Wildman–Crippen MR) is 172 cm³/mol. The van der Waals surface area contributed by atoms with Crippen LogP contribution < -0.4 is 4.74 Å². The molecule has 0 aliphatic heterocycles. The number of phenols is 1. The Labute approximate surface area is 266 Å². The van der Waals surface area contributed by atoms with Crippen molar-refractivity contribution in [3.8, 4) is 11.5 Å². The summed E-state index contributed by atoms with van der Waals surface area (Å²) >= 11 is 3.22. The van der Waals surface area contributed by atoms with Crippen LogP contribution in [-0.4, -0.2) is 51.2 Å². The Morgan fingerprint density at radius 1 is 0.841 bits per heavy atom. The molecule has 0 fully saturated rings. The Kier molecular flexibility index (Phi) is 13.8. The number of ketones is 2. The van der Waals surface area contributed by atoms with Gasteiger partial charge in [0, 0.05) is 44.8 Å². The fourth-order valence-electron chi connectivity index (χ4n) is 4.54. The number of carboxylic acids is 2. The zero-order valence-corrected chi connectivity index (χ0v) is 26.5. The highest BCUT2D eigenvalue weighted by Gasteiger charge is 2.17. The fourth-order valence-corrected chi connectivity index (χ4v) is 6.51. The zero-order chi connectivity index (χ0) is 32.1. The molecule has 3 aromatic carbocycles. The molecule has 0 amide bonds. The Morgan fingerprint density at radius 2 is 1.50 bits per heavy atom. The third-order valence-corrected chi connectivity index (χ3v) is 9.26. The van der Waals surface area contributed by atoms with Gasteiger partial charge in [0.2, 0.25) is 0 Å². The van der Waals surface area contributed by atoms with Crippen molar-refractivity contribution < 1.29 is 39.2 Å². The molecule has 8 nitrogen and oxygen atoms in total. The Balaban J connectivity index is 1.56. The minimum absolute atomic E-state index is 0.00577. The number of carboxylic acid groups (broad SMARTS) is 2. The van der Waals surface area contributed by atoms with E-state index in [1.54, 1.807) is 36.0 Å². The van der Waals surface area contributed by atoms with Crippen molar-refractivity contribution in [2.75, 3.05) is 12.4 Å². The number of Topliss-reactive ketones (excluding diaryl/α,β-unsaturated/α-hetero) is 2. The van der Waals surface area contributed by atoms with Crippen LogP contribution in [0.15, 0.2) is 70.5 Å². The van der Waals surface area contributed by atoms with E-state index in [0.29, 0.717) is 41.9 Å². The van der Waals surface area contributed by atoms with Gasteiger partial charge in [0.25, 0.3) is 0 Å². The van der Waals surface area contributed by atoms with E-state index < -0.39 is 11.9 Å². The van der Waals surface area contributed by atoms with E-state index in [0.717, 1.165) is 33.9 Å². The van der Waals surface area contributed by atoms with Crippen LogP contribution >= 0.6 is 23.5 Å². The minimum Gasteiger partial charge on any atom is -0.507 e. The van der Waals surface area contributed by atoms with Gasteiger partial charge in [-0.2, -0.15) is 0 Å². The molecular formula is C34H38O8S2. The van der Waals surface area contributed by atoms with Crippen molar-refractivity contribution in [2.24, 2.45) is 0 Å². The third-order valence-electron chi connectivity index (χ3n) is 6.83. The average molecular weight is 639 g/mol. The summed E-state index contributed by atoms with van der Waals surface area (Å²) in [7, 11) is 0. The van der Waals surface area contributed by atoms with E-state index in [2.05, 4.69) is 0 Å². The quantitative estimate of drug-likeness (QED) is 0.0676. The number of hydrogen-bond acceptors (Lipinski definition) is 8. The van der Waals surface area contributed by atoms with Crippen molar-refractivity contribution in [2.45, 2.75) is 73.8 Å². The first-order valence-corrected chi connectivity index (χ1v) is 16.4. The van der Waals surface area contributed by atoms with Gasteiger partial charge in [-0.15, -0.1) is 23.5 Å². The number of carbonyl (C=O) groups excluding carboxylic acids is 2. The molecule has 0 saturated heterocycles. The summed E-state index contributed by atoms with van der Waals surface area (Å²) < 4.78 is 5.96. The number of hydrogen-bond donors (Lipinski definition) is 3. The summed E-state index contributed by atoms with van der Waals surface area (Å²) in [5, 5.41) is 28.5. The molecule has 0 radical (unpaired) electrons. The van der Waals surface area contributed by atoms with E-state index in [-0.39, 0.29) is 41.8 Å². The van der Waals surface area contributed by atoms with Crippen molar-refractivity contribution in [1.82, 2.24) is 0 Å². The van der Waals surface area contributed by atoms with Crippen LogP contribution in [0.5, 0.6) is 11.5 Å². The molecule has 1 unspecified atom stereocenters. The lowest BCUT2D eigenvalue weighted by Crippen LogP contribution is -2.04. The highest BCUT2D eigenvalue weighted by molar-refractivity contribution is 7.99. The van der Waals surface area contributed by atoms with Crippen LogP contribution in [0.3, 0.4) is 0 Å². The second kappa shape index (κ2) is 17.5. The molecule has 0 saturated carbocycles. The first kappa shape index (κ1) is 34.7. The fraction of sp³-hybridized carbons (Fsp3) is 0.353. The molecule has 234 valence electrons. The largest absolute Gasteiger partial charge is 0.507 e. The third kappa shape index (κ3) is 10.7. The molecule has 3 aromatic rings. The van der Waals surface area contributed by atoms with Crippen LogP contribution in [0.1, 0.15) is 89.5 Å². The normalized spacial score (nSPS) is 11.6. The molecule has 0 aliphatic rings. The minimum atomic E-state index is -1.01. The van der Waals surface area contributed by atoms with Gasteiger partial charge in [-0.25, -0.2) is 0 Å². The van der Waals surface area contributed by atoms with Gasteiger partial charge in [-0.05, 0) is 68.1 Å². The Hall–Kier alpha value is -3.76. The SMILES string of the molecule is CCCc1c(OCCCSc2ccc(C(CCC(=O)O)Sc3ccc(C(=O)CCC(=O)O)cc3)cc2)ccc(C(C)=O)c1O. The van der Waals surface area contributed by atoms with E-state index in [1.807, 2.05) is 43.3 Å². The Morgan fingerprint density at radius 3 is 2.11 bits per heavy atom. The lowest BCUT2D eigenvalue weighted by molar-refractivity contribution is -0.138. The summed E-state index contributed by atoms with van der Waals surface area (Å²) in [6.07, 6.45) is 2.41. The molecule has 0 spiro atoms. The summed E-state index contributed by atoms with van der Waals surface area (Å²) in [5.41, 5.74) is 2.43. The van der Waals surface area contributed by atoms with Gasteiger partial charge in [-0.1, -0.05) is 37.6 Å². The van der Waals surface area contributed by atoms with Gasteiger partial charge in [-0.3, -0.25) is 19.2 Å². The van der Waals surface area contributed by atoms with Gasteiger partial charge >= 0.3 is 11.9 Å². The van der Waals surface area contributed by atoms with Gasteiger partial charge in [0.05, 0.1) is 18.6 Å². The van der Waals surface area contributed by atoms with E-state index in [1.165, 1.54) is 18.7 Å². The number of aliphatic carboxylic acids is 2. The van der Waals surface area contributed by atoms with Crippen LogP contribution in [-0.2, 0) is 16.0 Å². The molecule has 0 aliphatic carbocycles. The van der Waals surface area contributed by atoms with Crippen LogP contribution in [0, 0.1) is 0 Å². The van der Waals surface area contributed by atoms with E-state index in [9.17, 15) is 29.4 Å². The maximum atomic E-state index is 12.2. The molecule has 3 rings (SSSR count). The number of aromatic hydroxyl groups is 1. The maximum absolute atomic E-state index is 12.2. The summed E-state index contributed by atoms with van der Waals surface area (Å²) in [6.45, 7) is 3.91. The van der Waals surface area contributed by atoms with Crippen LogP contribution in [0.25, 0.3) is 0 Å². The predicted octanol–water partition coefficient (Wildman–Crippen LogP) is 7.85. The van der Waals surface area contributed by atoms with Gasteiger partial charge < -0.3 is 20.1 Å². The lowest BCUT2D eigenvalue weighted by atomic mass is 10.0. The lowest BCUT2D eigenvalue weighted by Gasteiger charge is -2.17. The highest BCUT2D eigenvalue weighted by atomic mass is 32.2. The number of benzene rings is 3. The van der Waals surface area contributed by atoms with Crippen molar-refractivity contribution in [1.29, 1.82) is 0 Å². The molecule has 0 heterocycles. The van der Waals surface area contributed by atoms with Gasteiger partial charge in [0.1, 0.15) is 11.5 Å². The van der Waals surface area contributed by atoms with Crippen molar-refractivity contribution >= 4 is 47.0 Å². The monoisotopic (exact) mass is 638 g/mol. The second-order valence-corrected chi connectivity index (χ2v) is 12.7. The average Bonchev–Trinajstić information content (AvgIpc) is 2.99. The van der Waals surface area contributed by atoms with Crippen LogP contribution in [0.4, 0.5) is 0 Å². The van der Waals surface area contributed by atoms with E-state index in [4.69, 9.17) is 9.84 Å². The molecule has 0 bridgehead atoms.